The Bertz CT molecular complexity index is 448. The van der Waals surface area contributed by atoms with Crippen LogP contribution in [0.25, 0.3) is 0 Å². The third kappa shape index (κ3) is 2.88. The number of amides is 1. The Morgan fingerprint density at radius 2 is 2.11 bits per heavy atom. The average molecular weight is 243 g/mol. The van der Waals surface area contributed by atoms with E-state index in [2.05, 4.69) is 6.07 Å². The molecule has 2 N–H and O–H groups in total. The number of carbonyl (C=O) groups is 1. The lowest BCUT2D eigenvalue weighted by atomic mass is 10.1. The molecule has 0 spiro atoms. The number of nitrogens with two attached hydrogens (primary N) is 1. The highest BCUT2D eigenvalue weighted by Gasteiger charge is 2.34. The van der Waals surface area contributed by atoms with E-state index in [1.54, 1.807) is 4.90 Å². The van der Waals surface area contributed by atoms with E-state index in [1.165, 1.54) is 0 Å². The summed E-state index contributed by atoms with van der Waals surface area (Å²) in [4.78, 5) is 14.1. The topological polar surface area (TPSA) is 70.1 Å². The predicted molar refractivity (Wildman–Crippen MR) is 68.3 cm³/mol. The maximum absolute atomic E-state index is 12.3. The molecule has 1 unspecified atom stereocenters. The molecule has 1 saturated carbocycles. The van der Waals surface area contributed by atoms with Gasteiger partial charge in [-0.1, -0.05) is 30.3 Å². The molecule has 1 fully saturated rings. The van der Waals surface area contributed by atoms with E-state index in [9.17, 15) is 4.79 Å². The van der Waals surface area contributed by atoms with Gasteiger partial charge in [-0.05, 0) is 18.4 Å². The fourth-order valence-corrected chi connectivity index (χ4v) is 2.01. The zero-order valence-electron chi connectivity index (χ0n) is 10.2. The second-order valence-corrected chi connectivity index (χ2v) is 4.56. The summed E-state index contributed by atoms with van der Waals surface area (Å²) in [5, 5.41) is 8.64. The highest BCUT2D eigenvalue weighted by atomic mass is 16.2. The summed E-state index contributed by atoms with van der Waals surface area (Å²) in [6.07, 6.45) is 2.42. The standard InChI is InChI=1S/C14H17N3O/c15-9-4-10-17(12-7-8-12)14(18)13(16)11-5-2-1-3-6-11/h1-3,5-6,12-13H,4,7-8,10,16H2. The van der Waals surface area contributed by atoms with Crippen molar-refractivity contribution in [2.24, 2.45) is 5.73 Å². The van der Waals surface area contributed by atoms with Crippen LogP contribution in [0.15, 0.2) is 30.3 Å². The van der Waals surface area contributed by atoms with Crippen LogP contribution >= 0.6 is 0 Å². The molecule has 0 radical (unpaired) electrons. The molecular weight excluding hydrogens is 226 g/mol. The predicted octanol–water partition coefficient (Wildman–Crippen LogP) is 1.59. The van der Waals surface area contributed by atoms with Crippen LogP contribution < -0.4 is 5.73 Å². The summed E-state index contributed by atoms with van der Waals surface area (Å²) in [6, 6.07) is 11.1. The lowest BCUT2D eigenvalue weighted by Gasteiger charge is -2.24. The molecule has 0 aromatic heterocycles. The Labute approximate surface area is 107 Å². The van der Waals surface area contributed by atoms with Gasteiger partial charge in [-0.3, -0.25) is 4.79 Å². The smallest absolute Gasteiger partial charge is 0.244 e. The van der Waals surface area contributed by atoms with E-state index in [-0.39, 0.29) is 5.91 Å². The lowest BCUT2D eigenvalue weighted by Crippen LogP contribution is -2.40. The van der Waals surface area contributed by atoms with Crippen LogP contribution in [0, 0.1) is 11.3 Å². The van der Waals surface area contributed by atoms with E-state index >= 15 is 0 Å². The molecular formula is C14H17N3O. The van der Waals surface area contributed by atoms with Gasteiger partial charge in [0.1, 0.15) is 6.04 Å². The first-order valence-electron chi connectivity index (χ1n) is 6.22. The Balaban J connectivity index is 2.06. The van der Waals surface area contributed by atoms with Crippen molar-refractivity contribution in [1.29, 1.82) is 5.26 Å². The number of nitrogens with zero attached hydrogens (tertiary/aromatic N) is 2. The van der Waals surface area contributed by atoms with Gasteiger partial charge in [0.25, 0.3) is 0 Å². The lowest BCUT2D eigenvalue weighted by molar-refractivity contribution is -0.133. The molecule has 4 nitrogen and oxygen atoms in total. The Morgan fingerprint density at radius 1 is 1.44 bits per heavy atom. The molecule has 0 saturated heterocycles. The minimum atomic E-state index is -0.620. The summed E-state index contributed by atoms with van der Waals surface area (Å²) < 4.78 is 0. The van der Waals surface area contributed by atoms with Gasteiger partial charge in [-0.15, -0.1) is 0 Å². The number of rotatable bonds is 5. The molecule has 0 heterocycles. The molecule has 1 aliphatic rings. The fourth-order valence-electron chi connectivity index (χ4n) is 2.01. The van der Waals surface area contributed by atoms with Crippen molar-refractivity contribution in [1.82, 2.24) is 4.90 Å². The quantitative estimate of drug-likeness (QED) is 0.853. The van der Waals surface area contributed by atoms with E-state index < -0.39 is 6.04 Å². The minimum Gasteiger partial charge on any atom is -0.337 e. The van der Waals surface area contributed by atoms with Crippen LogP contribution in [-0.4, -0.2) is 23.4 Å². The van der Waals surface area contributed by atoms with Gasteiger partial charge in [0.15, 0.2) is 0 Å². The van der Waals surface area contributed by atoms with Crippen molar-refractivity contribution in [3.8, 4) is 6.07 Å². The summed E-state index contributed by atoms with van der Waals surface area (Å²) in [5.41, 5.74) is 6.83. The number of hydrogen-bond donors (Lipinski definition) is 1. The number of carbonyl (C=O) groups excluding carboxylic acids is 1. The third-order valence-electron chi connectivity index (χ3n) is 3.16. The van der Waals surface area contributed by atoms with Gasteiger partial charge in [0.2, 0.25) is 5.91 Å². The molecule has 0 aliphatic heterocycles. The molecule has 1 aliphatic carbocycles. The summed E-state index contributed by atoms with van der Waals surface area (Å²) in [6.45, 7) is 0.487. The van der Waals surface area contributed by atoms with Crippen LogP contribution in [0.2, 0.25) is 0 Å². The Hall–Kier alpha value is -1.86. The number of nitriles is 1. The van der Waals surface area contributed by atoms with Crippen LogP contribution in [-0.2, 0) is 4.79 Å². The van der Waals surface area contributed by atoms with Gasteiger partial charge in [0, 0.05) is 12.6 Å². The van der Waals surface area contributed by atoms with E-state index in [0.717, 1.165) is 18.4 Å². The molecule has 1 atom stereocenters. The van der Waals surface area contributed by atoms with Crippen molar-refractivity contribution in [2.45, 2.75) is 31.3 Å². The van der Waals surface area contributed by atoms with Crippen LogP contribution in [0.4, 0.5) is 0 Å². The zero-order chi connectivity index (χ0) is 13.0. The van der Waals surface area contributed by atoms with Gasteiger partial charge in [0.05, 0.1) is 12.5 Å². The van der Waals surface area contributed by atoms with Crippen molar-refractivity contribution in [2.75, 3.05) is 6.54 Å². The molecule has 18 heavy (non-hydrogen) atoms. The Morgan fingerprint density at radius 3 is 2.67 bits per heavy atom. The molecule has 2 rings (SSSR count). The van der Waals surface area contributed by atoms with Crippen molar-refractivity contribution >= 4 is 5.91 Å². The minimum absolute atomic E-state index is 0.0704. The van der Waals surface area contributed by atoms with Crippen LogP contribution in [0.5, 0.6) is 0 Å². The molecule has 1 amide bonds. The first kappa shape index (κ1) is 12.6. The first-order chi connectivity index (χ1) is 8.74. The molecule has 0 bridgehead atoms. The second kappa shape index (κ2) is 5.65. The highest BCUT2D eigenvalue weighted by Crippen LogP contribution is 2.29. The molecule has 1 aromatic rings. The SMILES string of the molecule is N#CCCN(C(=O)C(N)c1ccccc1)C1CC1. The van der Waals surface area contributed by atoms with Crippen LogP contribution in [0.1, 0.15) is 30.9 Å². The summed E-state index contributed by atoms with van der Waals surface area (Å²) in [5.74, 6) is -0.0704. The first-order valence-corrected chi connectivity index (χ1v) is 6.22. The van der Waals surface area contributed by atoms with E-state index in [4.69, 9.17) is 11.0 Å². The van der Waals surface area contributed by atoms with Crippen molar-refractivity contribution < 1.29 is 4.79 Å². The van der Waals surface area contributed by atoms with Gasteiger partial charge in [-0.25, -0.2) is 0 Å². The van der Waals surface area contributed by atoms with E-state index in [1.807, 2.05) is 30.3 Å². The summed E-state index contributed by atoms with van der Waals surface area (Å²) >= 11 is 0. The van der Waals surface area contributed by atoms with Gasteiger partial charge >= 0.3 is 0 Å². The fraction of sp³-hybridized carbons (Fsp3) is 0.429. The van der Waals surface area contributed by atoms with E-state index in [0.29, 0.717) is 19.0 Å². The molecule has 4 heteroatoms. The van der Waals surface area contributed by atoms with Crippen LogP contribution in [0.3, 0.4) is 0 Å². The maximum Gasteiger partial charge on any atom is 0.244 e. The normalized spacial score (nSPS) is 15.8. The average Bonchev–Trinajstić information content (AvgIpc) is 3.24. The van der Waals surface area contributed by atoms with Gasteiger partial charge in [-0.2, -0.15) is 5.26 Å². The largest absolute Gasteiger partial charge is 0.337 e. The maximum atomic E-state index is 12.3. The second-order valence-electron chi connectivity index (χ2n) is 4.56. The summed E-state index contributed by atoms with van der Waals surface area (Å²) in [7, 11) is 0. The monoisotopic (exact) mass is 243 g/mol. The number of hydrogen-bond acceptors (Lipinski definition) is 3. The Kier molecular flexibility index (Phi) is 3.96. The third-order valence-corrected chi connectivity index (χ3v) is 3.16. The zero-order valence-corrected chi connectivity index (χ0v) is 10.2. The molecule has 1 aromatic carbocycles. The molecule has 94 valence electrons. The van der Waals surface area contributed by atoms with Gasteiger partial charge < -0.3 is 10.6 Å². The highest BCUT2D eigenvalue weighted by molar-refractivity contribution is 5.83. The van der Waals surface area contributed by atoms with Crippen molar-refractivity contribution in [3.05, 3.63) is 35.9 Å². The number of benzene rings is 1. The van der Waals surface area contributed by atoms with Crippen molar-refractivity contribution in [3.63, 3.8) is 0 Å².